The van der Waals surface area contributed by atoms with Crippen molar-refractivity contribution in [3.8, 4) is 34.0 Å². The predicted molar refractivity (Wildman–Crippen MR) is 209 cm³/mol. The van der Waals surface area contributed by atoms with Crippen molar-refractivity contribution < 1.29 is 17.9 Å². The second-order valence-electron chi connectivity index (χ2n) is 15.3. The molecule has 5 aromatic heterocycles. The molecule has 0 aliphatic carbocycles. The Morgan fingerprint density at radius 2 is 1.44 bits per heavy atom. The first-order valence-corrected chi connectivity index (χ1v) is 20.1. The van der Waals surface area contributed by atoms with E-state index in [1.807, 2.05) is 43.5 Å². The molecular formula is C40H47N9O4S. The van der Waals surface area contributed by atoms with Crippen molar-refractivity contribution in [2.45, 2.75) is 58.0 Å². The lowest BCUT2D eigenvalue weighted by Gasteiger charge is -2.33. The standard InChI is InChI=1S/C40H47N9O4S/c1-27-5-4-6-31(46-27)30-23-49(38-34(30)32(12-18-44-38)52-24-39(2)13-19-41-20-14-39)26-45-54(50,51)29-9-7-28(8-10-29)36-35-33(11-17-43-37(35)48-47-36)53-25-40(3)15-21-42-22-16-40/h4-12,17-18,23,41-42,45H,13-16,19-22,24-26H2,1-3H3,(H,43,47,48). The van der Waals surface area contributed by atoms with Gasteiger partial charge in [0.2, 0.25) is 10.0 Å². The molecule has 0 radical (unpaired) electrons. The van der Waals surface area contributed by atoms with E-state index in [1.165, 1.54) is 0 Å². The lowest BCUT2D eigenvalue weighted by atomic mass is 9.82. The lowest BCUT2D eigenvalue weighted by molar-refractivity contribution is 0.124. The third-order valence-electron chi connectivity index (χ3n) is 10.9. The Balaban J connectivity index is 1.04. The number of benzene rings is 1. The van der Waals surface area contributed by atoms with Gasteiger partial charge in [0.15, 0.2) is 5.65 Å². The van der Waals surface area contributed by atoms with Gasteiger partial charge in [0.25, 0.3) is 0 Å². The smallest absolute Gasteiger partial charge is 0.242 e. The van der Waals surface area contributed by atoms with Gasteiger partial charge in [0.1, 0.15) is 22.8 Å². The van der Waals surface area contributed by atoms with Crippen molar-refractivity contribution >= 4 is 32.1 Å². The average Bonchev–Trinajstić information content (AvgIpc) is 3.79. The summed E-state index contributed by atoms with van der Waals surface area (Å²) in [5.41, 5.74) is 5.20. The van der Waals surface area contributed by atoms with Crippen LogP contribution in [-0.2, 0) is 16.7 Å². The molecule has 13 nitrogen and oxygen atoms in total. The van der Waals surface area contributed by atoms with E-state index in [1.54, 1.807) is 41.2 Å². The van der Waals surface area contributed by atoms with Crippen molar-refractivity contribution in [2.75, 3.05) is 39.4 Å². The molecule has 0 bridgehead atoms. The fourth-order valence-electron chi connectivity index (χ4n) is 7.45. The first-order chi connectivity index (χ1) is 26.1. The summed E-state index contributed by atoms with van der Waals surface area (Å²) in [5, 5.41) is 16.0. The van der Waals surface area contributed by atoms with Crippen molar-refractivity contribution in [3.63, 3.8) is 0 Å². The van der Waals surface area contributed by atoms with Crippen molar-refractivity contribution in [1.29, 1.82) is 0 Å². The van der Waals surface area contributed by atoms with Gasteiger partial charge < -0.3 is 24.7 Å². The van der Waals surface area contributed by atoms with E-state index in [9.17, 15) is 8.42 Å². The SMILES string of the molecule is Cc1cccc(-c2cn(CNS(=O)(=O)c3ccc(-c4n[nH]c5nccc(OCC6(C)CCNCC6)c45)cc3)c3nccc(OCC4(C)CCNCC4)c23)n1. The number of hydrogen-bond donors (Lipinski definition) is 4. The van der Waals surface area contributed by atoms with Crippen LogP contribution in [0.5, 0.6) is 11.5 Å². The van der Waals surface area contributed by atoms with Crippen LogP contribution in [0.2, 0.25) is 0 Å². The Bertz CT molecular complexity index is 2380. The van der Waals surface area contributed by atoms with Gasteiger partial charge in [-0.2, -0.15) is 9.82 Å². The monoisotopic (exact) mass is 749 g/mol. The highest BCUT2D eigenvalue weighted by Gasteiger charge is 2.30. The molecule has 1 aromatic carbocycles. The molecule has 282 valence electrons. The van der Waals surface area contributed by atoms with E-state index < -0.39 is 10.0 Å². The average molecular weight is 750 g/mol. The first-order valence-electron chi connectivity index (χ1n) is 18.6. The van der Waals surface area contributed by atoms with E-state index in [0.717, 1.165) is 85.1 Å². The number of H-pyrrole nitrogens is 1. The number of fused-ring (bicyclic) bond motifs is 2. The highest BCUT2D eigenvalue weighted by Crippen LogP contribution is 2.38. The summed E-state index contributed by atoms with van der Waals surface area (Å²) >= 11 is 0. The number of nitrogens with zero attached hydrogens (tertiary/aromatic N) is 5. The number of sulfonamides is 1. The summed E-state index contributed by atoms with van der Waals surface area (Å²) < 4.78 is 45.0. The summed E-state index contributed by atoms with van der Waals surface area (Å²) in [6.07, 6.45) is 9.45. The molecule has 2 aliphatic rings. The summed E-state index contributed by atoms with van der Waals surface area (Å²) in [6.45, 7) is 11.5. The Hall–Kier alpha value is -4.89. The zero-order chi connectivity index (χ0) is 37.3. The molecule has 2 aliphatic heterocycles. The number of aromatic nitrogens is 6. The topological polar surface area (TPSA) is 161 Å². The molecule has 0 atom stereocenters. The minimum Gasteiger partial charge on any atom is -0.492 e. The van der Waals surface area contributed by atoms with E-state index >= 15 is 0 Å². The van der Waals surface area contributed by atoms with Crippen molar-refractivity contribution in [2.24, 2.45) is 10.8 Å². The van der Waals surface area contributed by atoms with Crippen LogP contribution in [0.15, 0.2) is 78.1 Å². The van der Waals surface area contributed by atoms with Gasteiger partial charge in [-0.3, -0.25) is 10.1 Å². The molecule has 2 fully saturated rings. The Morgan fingerprint density at radius 3 is 2.09 bits per heavy atom. The molecule has 8 rings (SSSR count). The number of aryl methyl sites for hydroxylation is 1. The molecule has 7 heterocycles. The summed E-state index contributed by atoms with van der Waals surface area (Å²) in [5.74, 6) is 1.40. The van der Waals surface area contributed by atoms with Gasteiger partial charge in [0, 0.05) is 46.2 Å². The van der Waals surface area contributed by atoms with E-state index in [0.29, 0.717) is 41.7 Å². The van der Waals surface area contributed by atoms with Gasteiger partial charge in [-0.1, -0.05) is 32.0 Å². The number of pyridine rings is 3. The highest BCUT2D eigenvalue weighted by molar-refractivity contribution is 7.89. The minimum atomic E-state index is -3.92. The maximum absolute atomic E-state index is 13.7. The summed E-state index contributed by atoms with van der Waals surface area (Å²) in [7, 11) is -3.92. The van der Waals surface area contributed by atoms with E-state index in [2.05, 4.69) is 44.4 Å². The highest BCUT2D eigenvalue weighted by atomic mass is 32.2. The van der Waals surface area contributed by atoms with Gasteiger partial charge in [-0.05, 0) is 95.2 Å². The van der Waals surface area contributed by atoms with Crippen LogP contribution in [0.1, 0.15) is 45.2 Å². The molecular weight excluding hydrogens is 703 g/mol. The molecule has 0 unspecified atom stereocenters. The van der Waals surface area contributed by atoms with Crippen LogP contribution < -0.4 is 24.8 Å². The number of ether oxygens (including phenoxy) is 2. The second-order valence-corrected chi connectivity index (χ2v) is 17.1. The zero-order valence-electron chi connectivity index (χ0n) is 31.0. The van der Waals surface area contributed by atoms with Crippen LogP contribution in [0.25, 0.3) is 44.6 Å². The fourth-order valence-corrected chi connectivity index (χ4v) is 8.42. The number of hydrogen-bond acceptors (Lipinski definition) is 10. The van der Waals surface area contributed by atoms with Crippen LogP contribution in [0.3, 0.4) is 0 Å². The van der Waals surface area contributed by atoms with Crippen LogP contribution >= 0.6 is 0 Å². The van der Waals surface area contributed by atoms with Crippen LogP contribution in [0, 0.1) is 17.8 Å². The first kappa shape index (κ1) is 36.1. The lowest BCUT2D eigenvalue weighted by Crippen LogP contribution is -2.38. The molecule has 2 saturated heterocycles. The summed E-state index contributed by atoms with van der Waals surface area (Å²) in [6, 6.07) is 16.3. The maximum Gasteiger partial charge on any atom is 0.242 e. The zero-order valence-corrected chi connectivity index (χ0v) is 31.8. The molecule has 54 heavy (non-hydrogen) atoms. The second kappa shape index (κ2) is 14.7. The van der Waals surface area contributed by atoms with Gasteiger partial charge in [-0.25, -0.2) is 18.4 Å². The Kier molecular flexibility index (Phi) is 9.86. The van der Waals surface area contributed by atoms with E-state index in [4.69, 9.17) is 19.4 Å². The molecule has 4 N–H and O–H groups in total. The van der Waals surface area contributed by atoms with Gasteiger partial charge >= 0.3 is 0 Å². The Morgan fingerprint density at radius 1 is 0.815 bits per heavy atom. The van der Waals surface area contributed by atoms with Gasteiger partial charge in [0.05, 0.1) is 41.2 Å². The molecule has 0 saturated carbocycles. The molecule has 6 aromatic rings. The largest absolute Gasteiger partial charge is 0.492 e. The molecule has 0 amide bonds. The van der Waals surface area contributed by atoms with Gasteiger partial charge in [-0.15, -0.1) is 0 Å². The fraction of sp³-hybridized carbons (Fsp3) is 0.400. The minimum absolute atomic E-state index is 0.0441. The summed E-state index contributed by atoms with van der Waals surface area (Å²) in [4.78, 5) is 14.1. The number of nitrogens with one attached hydrogen (secondary N) is 4. The number of aromatic amines is 1. The van der Waals surface area contributed by atoms with Crippen molar-refractivity contribution in [1.82, 2.24) is 45.1 Å². The van der Waals surface area contributed by atoms with Crippen molar-refractivity contribution in [3.05, 3.63) is 78.9 Å². The third kappa shape index (κ3) is 7.43. The normalized spacial score (nSPS) is 17.2. The molecule has 0 spiro atoms. The predicted octanol–water partition coefficient (Wildman–Crippen LogP) is 5.82. The maximum atomic E-state index is 13.7. The van der Waals surface area contributed by atoms with Crippen LogP contribution in [0.4, 0.5) is 0 Å². The Labute approximate surface area is 315 Å². The van der Waals surface area contributed by atoms with Crippen LogP contribution in [-0.4, -0.2) is 77.5 Å². The number of rotatable bonds is 12. The quantitative estimate of drug-likeness (QED) is 0.120. The third-order valence-corrected chi connectivity index (χ3v) is 12.3. The number of piperidine rings is 2. The van der Waals surface area contributed by atoms with E-state index in [-0.39, 0.29) is 22.4 Å². The molecule has 14 heteroatoms.